The van der Waals surface area contributed by atoms with Crippen LogP contribution in [0.3, 0.4) is 0 Å². The number of carbonyl (C=O) groups excluding carboxylic acids is 2. The third-order valence-corrected chi connectivity index (χ3v) is 5.70. The number of rotatable bonds is 3. The summed E-state index contributed by atoms with van der Waals surface area (Å²) < 4.78 is 0. The summed E-state index contributed by atoms with van der Waals surface area (Å²) in [4.78, 5) is 28.6. The smallest absolute Gasteiger partial charge is 0.261 e. The van der Waals surface area contributed by atoms with Gasteiger partial charge in [0.2, 0.25) is 0 Å². The molecule has 0 unspecified atom stereocenters. The van der Waals surface area contributed by atoms with E-state index in [-0.39, 0.29) is 24.2 Å². The lowest BCUT2D eigenvalue weighted by Gasteiger charge is -2.34. The van der Waals surface area contributed by atoms with Crippen LogP contribution in [0.2, 0.25) is 0 Å². The number of halogens is 1. The van der Waals surface area contributed by atoms with Crippen molar-refractivity contribution >= 4 is 24.2 Å². The van der Waals surface area contributed by atoms with E-state index >= 15 is 0 Å². The fraction of sp³-hybridized carbons (Fsp3) is 0.556. The second kappa shape index (κ2) is 6.82. The standard InChI is InChI=1S/C18H23N3O2.ClH/c22-16-14-3-1-2-4-15(14)17(23)21(16)12-11-20-10-7-18(13-20)5-8-19-9-6-18;/h1-4,19H,5-13H2;1H. The molecule has 6 heteroatoms. The molecule has 2 amide bonds. The van der Waals surface area contributed by atoms with Gasteiger partial charge in [-0.05, 0) is 56.4 Å². The minimum absolute atomic E-state index is 0. The minimum Gasteiger partial charge on any atom is -0.317 e. The lowest BCUT2D eigenvalue weighted by molar-refractivity contribution is 0.0637. The first-order valence-corrected chi connectivity index (χ1v) is 8.57. The van der Waals surface area contributed by atoms with Gasteiger partial charge in [-0.1, -0.05) is 12.1 Å². The summed E-state index contributed by atoms with van der Waals surface area (Å²) in [5.41, 5.74) is 1.57. The Bertz CT molecular complexity index is 608. The van der Waals surface area contributed by atoms with E-state index in [4.69, 9.17) is 0 Å². The Hall–Kier alpha value is -1.43. The van der Waals surface area contributed by atoms with Crippen LogP contribution in [0.4, 0.5) is 0 Å². The topological polar surface area (TPSA) is 52.7 Å². The van der Waals surface area contributed by atoms with Crippen molar-refractivity contribution in [3.8, 4) is 0 Å². The maximum Gasteiger partial charge on any atom is 0.261 e. The molecule has 1 aromatic carbocycles. The number of hydrogen-bond acceptors (Lipinski definition) is 4. The minimum atomic E-state index is -0.138. The van der Waals surface area contributed by atoms with Crippen LogP contribution in [0, 0.1) is 5.41 Å². The highest BCUT2D eigenvalue weighted by atomic mass is 35.5. The van der Waals surface area contributed by atoms with Crippen LogP contribution < -0.4 is 5.32 Å². The van der Waals surface area contributed by atoms with Gasteiger partial charge in [0.15, 0.2) is 0 Å². The number of likely N-dealkylation sites (tertiary alicyclic amines) is 1. The van der Waals surface area contributed by atoms with Gasteiger partial charge in [-0.3, -0.25) is 14.5 Å². The molecule has 3 heterocycles. The van der Waals surface area contributed by atoms with Crippen molar-refractivity contribution < 1.29 is 9.59 Å². The second-order valence-corrected chi connectivity index (χ2v) is 7.08. The number of imide groups is 1. The first-order chi connectivity index (χ1) is 11.2. The molecule has 3 aliphatic rings. The van der Waals surface area contributed by atoms with Crippen LogP contribution in [-0.2, 0) is 0 Å². The lowest BCUT2D eigenvalue weighted by Crippen LogP contribution is -2.41. The molecule has 1 N–H and O–H groups in total. The van der Waals surface area contributed by atoms with Gasteiger partial charge < -0.3 is 10.2 Å². The summed E-state index contributed by atoms with van der Waals surface area (Å²) in [5.74, 6) is -0.275. The zero-order chi connectivity index (χ0) is 15.9. The first kappa shape index (κ1) is 17.4. The van der Waals surface area contributed by atoms with Gasteiger partial charge in [0.05, 0.1) is 11.1 Å². The Morgan fingerprint density at radius 1 is 0.958 bits per heavy atom. The highest BCUT2D eigenvalue weighted by Gasteiger charge is 2.40. The van der Waals surface area contributed by atoms with E-state index in [2.05, 4.69) is 10.2 Å². The van der Waals surface area contributed by atoms with Gasteiger partial charge in [0.25, 0.3) is 11.8 Å². The van der Waals surface area contributed by atoms with Crippen LogP contribution in [0.25, 0.3) is 0 Å². The number of nitrogens with zero attached hydrogens (tertiary/aromatic N) is 2. The van der Waals surface area contributed by atoms with Crippen LogP contribution in [0.15, 0.2) is 24.3 Å². The fourth-order valence-corrected chi connectivity index (χ4v) is 4.27. The number of benzene rings is 1. The third-order valence-electron chi connectivity index (χ3n) is 5.70. The number of carbonyl (C=O) groups is 2. The maximum atomic E-state index is 12.4. The molecule has 0 radical (unpaired) electrons. The van der Waals surface area contributed by atoms with E-state index in [0.29, 0.717) is 23.1 Å². The molecule has 0 bridgehead atoms. The Morgan fingerprint density at radius 2 is 1.58 bits per heavy atom. The van der Waals surface area contributed by atoms with Gasteiger partial charge in [0, 0.05) is 19.6 Å². The predicted octanol–water partition coefficient (Wildman–Crippen LogP) is 1.78. The molecular weight excluding hydrogens is 326 g/mol. The van der Waals surface area contributed by atoms with Gasteiger partial charge >= 0.3 is 0 Å². The molecular formula is C18H24ClN3O2. The number of amides is 2. The molecule has 2 fully saturated rings. The highest BCUT2D eigenvalue weighted by molar-refractivity contribution is 6.21. The molecule has 3 aliphatic heterocycles. The number of piperidine rings is 1. The quantitative estimate of drug-likeness (QED) is 0.845. The fourth-order valence-electron chi connectivity index (χ4n) is 4.27. The summed E-state index contributed by atoms with van der Waals surface area (Å²) in [6, 6.07) is 7.12. The van der Waals surface area contributed by atoms with E-state index in [9.17, 15) is 9.59 Å². The zero-order valence-electron chi connectivity index (χ0n) is 13.8. The van der Waals surface area contributed by atoms with Crippen molar-refractivity contribution in [2.75, 3.05) is 39.3 Å². The van der Waals surface area contributed by atoms with Crippen molar-refractivity contribution in [2.45, 2.75) is 19.3 Å². The molecule has 1 aromatic rings. The van der Waals surface area contributed by atoms with Gasteiger partial charge in [-0.15, -0.1) is 12.4 Å². The van der Waals surface area contributed by atoms with Crippen LogP contribution in [0.1, 0.15) is 40.0 Å². The van der Waals surface area contributed by atoms with Crippen molar-refractivity contribution in [1.82, 2.24) is 15.1 Å². The number of hydrogen-bond donors (Lipinski definition) is 1. The van der Waals surface area contributed by atoms with Crippen molar-refractivity contribution in [3.63, 3.8) is 0 Å². The van der Waals surface area contributed by atoms with E-state index in [0.717, 1.165) is 32.7 Å². The van der Waals surface area contributed by atoms with Crippen molar-refractivity contribution in [2.24, 2.45) is 5.41 Å². The number of fused-ring (bicyclic) bond motifs is 1. The highest BCUT2D eigenvalue weighted by Crippen LogP contribution is 2.38. The molecule has 5 nitrogen and oxygen atoms in total. The first-order valence-electron chi connectivity index (χ1n) is 8.57. The van der Waals surface area contributed by atoms with E-state index < -0.39 is 0 Å². The molecule has 130 valence electrons. The molecule has 2 saturated heterocycles. The van der Waals surface area contributed by atoms with Crippen molar-refractivity contribution in [1.29, 1.82) is 0 Å². The molecule has 4 rings (SSSR count). The van der Waals surface area contributed by atoms with Gasteiger partial charge in [0.1, 0.15) is 0 Å². The average molecular weight is 350 g/mol. The average Bonchev–Trinajstić information content (AvgIpc) is 3.07. The maximum absolute atomic E-state index is 12.4. The van der Waals surface area contributed by atoms with E-state index in [1.165, 1.54) is 24.2 Å². The zero-order valence-corrected chi connectivity index (χ0v) is 14.6. The molecule has 0 aromatic heterocycles. The Balaban J connectivity index is 0.00000169. The van der Waals surface area contributed by atoms with Crippen LogP contribution >= 0.6 is 12.4 Å². The summed E-state index contributed by atoms with van der Waals surface area (Å²) in [6.45, 7) is 5.72. The largest absolute Gasteiger partial charge is 0.317 e. The summed E-state index contributed by atoms with van der Waals surface area (Å²) in [7, 11) is 0. The van der Waals surface area contributed by atoms with Gasteiger partial charge in [-0.2, -0.15) is 0 Å². The molecule has 0 aliphatic carbocycles. The summed E-state index contributed by atoms with van der Waals surface area (Å²) in [5, 5.41) is 3.43. The Labute approximate surface area is 148 Å². The molecule has 0 saturated carbocycles. The third kappa shape index (κ3) is 2.96. The Kier molecular flexibility index (Phi) is 4.95. The van der Waals surface area contributed by atoms with Crippen LogP contribution in [-0.4, -0.2) is 60.9 Å². The van der Waals surface area contributed by atoms with E-state index in [1.807, 2.05) is 12.1 Å². The lowest BCUT2D eigenvalue weighted by atomic mass is 9.78. The molecule has 24 heavy (non-hydrogen) atoms. The number of nitrogens with one attached hydrogen (secondary N) is 1. The summed E-state index contributed by atoms with van der Waals surface area (Å²) >= 11 is 0. The van der Waals surface area contributed by atoms with E-state index in [1.54, 1.807) is 12.1 Å². The summed E-state index contributed by atoms with van der Waals surface area (Å²) in [6.07, 6.45) is 3.74. The van der Waals surface area contributed by atoms with Crippen molar-refractivity contribution in [3.05, 3.63) is 35.4 Å². The van der Waals surface area contributed by atoms with Crippen LogP contribution in [0.5, 0.6) is 0 Å². The normalized spacial score (nSPS) is 22.8. The monoisotopic (exact) mass is 349 g/mol. The predicted molar refractivity (Wildman–Crippen MR) is 94.7 cm³/mol. The second-order valence-electron chi connectivity index (χ2n) is 7.08. The van der Waals surface area contributed by atoms with Gasteiger partial charge in [-0.25, -0.2) is 0 Å². The SMILES string of the molecule is Cl.O=C1c2ccccc2C(=O)N1CCN1CCC2(CCNCC2)C1. The molecule has 0 atom stereocenters. The Morgan fingerprint density at radius 3 is 2.21 bits per heavy atom. The molecule has 1 spiro atoms.